The minimum atomic E-state index is -0.302. The van der Waals surface area contributed by atoms with Crippen molar-refractivity contribution in [2.24, 2.45) is 0 Å². The highest BCUT2D eigenvalue weighted by Gasteiger charge is 2.17. The molecule has 0 fully saturated rings. The van der Waals surface area contributed by atoms with Crippen LogP contribution in [0.3, 0.4) is 0 Å². The number of nitrogens with zero attached hydrogens (tertiary/aromatic N) is 2. The minimum absolute atomic E-state index is 0.00486. The summed E-state index contributed by atoms with van der Waals surface area (Å²) >= 11 is 13.5. The molecule has 0 saturated heterocycles. The molecule has 0 radical (unpaired) electrons. The number of hydrogen-bond donors (Lipinski definition) is 1. The zero-order chi connectivity index (χ0) is 22.7. The van der Waals surface area contributed by atoms with E-state index in [0.717, 1.165) is 11.8 Å². The maximum atomic E-state index is 13.3. The van der Waals surface area contributed by atoms with Crippen LogP contribution in [0, 0.1) is 0 Å². The molecule has 162 valence electrons. The Morgan fingerprint density at radius 2 is 1.84 bits per heavy atom. The van der Waals surface area contributed by atoms with Crippen molar-refractivity contribution in [2.75, 3.05) is 18.2 Å². The molecule has 6 nitrogen and oxygen atoms in total. The van der Waals surface area contributed by atoms with Crippen molar-refractivity contribution in [2.45, 2.75) is 5.16 Å². The van der Waals surface area contributed by atoms with Gasteiger partial charge in [-0.2, -0.15) is 0 Å². The molecule has 1 amide bonds. The number of ether oxygens (including phenoxy) is 1. The average Bonchev–Trinajstić information content (AvgIpc) is 2.79. The monoisotopic (exact) mass is 485 g/mol. The lowest BCUT2D eigenvalue weighted by molar-refractivity contribution is -0.113. The summed E-state index contributed by atoms with van der Waals surface area (Å²) in [5.74, 6) is 0.193. The van der Waals surface area contributed by atoms with Crippen LogP contribution in [0.5, 0.6) is 5.75 Å². The third-order valence-electron chi connectivity index (χ3n) is 4.61. The zero-order valence-electron chi connectivity index (χ0n) is 16.8. The fourth-order valence-electron chi connectivity index (χ4n) is 3.15. The van der Waals surface area contributed by atoms with Gasteiger partial charge in [0.1, 0.15) is 5.75 Å². The van der Waals surface area contributed by atoms with E-state index < -0.39 is 0 Å². The number of methoxy groups -OCH3 is 1. The predicted molar refractivity (Wildman–Crippen MR) is 130 cm³/mol. The molecule has 0 aliphatic heterocycles. The second-order valence-corrected chi connectivity index (χ2v) is 8.47. The van der Waals surface area contributed by atoms with Crippen LogP contribution >= 0.6 is 35.0 Å². The fraction of sp³-hybridized carbons (Fsp3) is 0.0870. The van der Waals surface area contributed by atoms with Gasteiger partial charge in [-0.25, -0.2) is 4.98 Å². The molecule has 4 rings (SSSR count). The molecule has 0 saturated carbocycles. The molecule has 1 heterocycles. The summed E-state index contributed by atoms with van der Waals surface area (Å²) in [5.41, 5.74) is 1.24. The molecule has 4 aromatic rings. The molecule has 9 heteroatoms. The number of amides is 1. The van der Waals surface area contributed by atoms with Gasteiger partial charge in [-0.1, -0.05) is 59.2 Å². The van der Waals surface area contributed by atoms with Crippen molar-refractivity contribution in [1.82, 2.24) is 9.55 Å². The number of carbonyl (C=O) groups excluding carboxylic acids is 1. The highest BCUT2D eigenvalue weighted by molar-refractivity contribution is 7.99. The summed E-state index contributed by atoms with van der Waals surface area (Å²) in [6.07, 6.45) is 0. The molecule has 3 aromatic carbocycles. The summed E-state index contributed by atoms with van der Waals surface area (Å²) in [7, 11) is 1.51. The van der Waals surface area contributed by atoms with Crippen molar-refractivity contribution in [3.63, 3.8) is 0 Å². The summed E-state index contributed by atoms with van der Waals surface area (Å²) in [6.45, 7) is 0. The minimum Gasteiger partial charge on any atom is -0.495 e. The predicted octanol–water partition coefficient (Wildman–Crippen LogP) is 5.43. The van der Waals surface area contributed by atoms with Crippen molar-refractivity contribution < 1.29 is 9.53 Å². The van der Waals surface area contributed by atoms with Gasteiger partial charge >= 0.3 is 0 Å². The van der Waals surface area contributed by atoms with Crippen LogP contribution in [0.1, 0.15) is 0 Å². The molecule has 1 N–H and O–H groups in total. The number of rotatable bonds is 6. The van der Waals surface area contributed by atoms with Gasteiger partial charge in [-0.15, -0.1) is 0 Å². The molecular formula is C23H17Cl2N3O3S. The Kier molecular flexibility index (Phi) is 6.69. The highest BCUT2D eigenvalue weighted by Crippen LogP contribution is 2.29. The first-order chi connectivity index (χ1) is 15.5. The van der Waals surface area contributed by atoms with E-state index in [4.69, 9.17) is 27.9 Å². The lowest BCUT2D eigenvalue weighted by Gasteiger charge is -2.14. The van der Waals surface area contributed by atoms with E-state index in [1.165, 1.54) is 11.7 Å². The van der Waals surface area contributed by atoms with Crippen LogP contribution in [0.15, 0.2) is 76.7 Å². The largest absolute Gasteiger partial charge is 0.495 e. The van der Waals surface area contributed by atoms with Gasteiger partial charge in [0.15, 0.2) is 5.16 Å². The number of hydrogen-bond acceptors (Lipinski definition) is 5. The number of anilines is 1. The lowest BCUT2D eigenvalue weighted by Crippen LogP contribution is -2.23. The number of aromatic nitrogens is 2. The molecule has 0 unspecified atom stereocenters. The maximum absolute atomic E-state index is 13.3. The first-order valence-corrected chi connectivity index (χ1v) is 11.2. The van der Waals surface area contributed by atoms with Gasteiger partial charge in [-0.05, 0) is 42.5 Å². The van der Waals surface area contributed by atoms with E-state index in [2.05, 4.69) is 10.3 Å². The van der Waals surface area contributed by atoms with Gasteiger partial charge < -0.3 is 10.1 Å². The standard InChI is InChI=1S/C23H17Cl2N3O3S/c1-31-20-11-10-14(24)12-18(20)26-21(29)13-32-23-27-17-8-4-2-6-15(17)22(30)28(23)19-9-5-3-7-16(19)25/h2-12H,13H2,1H3,(H,26,29). The number of thioether (sulfide) groups is 1. The number of nitrogens with one attached hydrogen (secondary N) is 1. The van der Waals surface area contributed by atoms with Crippen LogP contribution in [-0.2, 0) is 4.79 Å². The second-order valence-electron chi connectivity index (χ2n) is 6.68. The second kappa shape index (κ2) is 9.65. The third kappa shape index (κ3) is 4.60. The molecule has 0 spiro atoms. The van der Waals surface area contributed by atoms with E-state index >= 15 is 0 Å². The summed E-state index contributed by atoms with van der Waals surface area (Å²) in [4.78, 5) is 30.6. The SMILES string of the molecule is COc1ccc(Cl)cc1NC(=O)CSc1nc2ccccc2c(=O)n1-c1ccccc1Cl. The zero-order valence-corrected chi connectivity index (χ0v) is 19.2. The first-order valence-electron chi connectivity index (χ1n) is 9.51. The van der Waals surface area contributed by atoms with Crippen LogP contribution < -0.4 is 15.6 Å². The number of halogens is 2. The van der Waals surface area contributed by atoms with E-state index in [1.807, 2.05) is 0 Å². The number of carbonyl (C=O) groups is 1. The Labute approximate surface area is 198 Å². The maximum Gasteiger partial charge on any atom is 0.266 e. The van der Waals surface area contributed by atoms with Gasteiger partial charge in [-0.3, -0.25) is 14.2 Å². The number of fused-ring (bicyclic) bond motifs is 1. The van der Waals surface area contributed by atoms with Crippen LogP contribution in [0.25, 0.3) is 16.6 Å². The number of para-hydroxylation sites is 2. The van der Waals surface area contributed by atoms with E-state index in [9.17, 15) is 9.59 Å². The van der Waals surface area contributed by atoms with E-state index in [1.54, 1.807) is 66.7 Å². The average molecular weight is 486 g/mol. The molecular weight excluding hydrogens is 469 g/mol. The third-order valence-corrected chi connectivity index (χ3v) is 6.10. The molecule has 0 atom stereocenters. The molecule has 32 heavy (non-hydrogen) atoms. The lowest BCUT2D eigenvalue weighted by atomic mass is 10.2. The molecule has 0 aliphatic carbocycles. The van der Waals surface area contributed by atoms with E-state index in [-0.39, 0.29) is 17.2 Å². The topological polar surface area (TPSA) is 73.2 Å². The summed E-state index contributed by atoms with van der Waals surface area (Å²) in [6, 6.07) is 19.0. The van der Waals surface area contributed by atoms with Crippen molar-refractivity contribution in [1.29, 1.82) is 0 Å². The Balaban J connectivity index is 1.68. The Morgan fingerprint density at radius 3 is 2.62 bits per heavy atom. The van der Waals surface area contributed by atoms with Gasteiger partial charge in [0.25, 0.3) is 5.56 Å². The fourth-order valence-corrected chi connectivity index (χ4v) is 4.35. The smallest absolute Gasteiger partial charge is 0.266 e. The Bertz CT molecular complexity index is 1370. The van der Waals surface area contributed by atoms with Crippen LogP contribution in [-0.4, -0.2) is 28.3 Å². The molecule has 1 aromatic heterocycles. The Morgan fingerprint density at radius 1 is 1.09 bits per heavy atom. The quantitative estimate of drug-likeness (QED) is 0.291. The van der Waals surface area contributed by atoms with Gasteiger partial charge in [0, 0.05) is 5.02 Å². The van der Waals surface area contributed by atoms with Crippen molar-refractivity contribution >= 4 is 57.5 Å². The Hall–Kier alpha value is -3.00. The normalized spacial score (nSPS) is 10.8. The van der Waals surface area contributed by atoms with Crippen molar-refractivity contribution in [3.8, 4) is 11.4 Å². The van der Waals surface area contributed by atoms with E-state index in [0.29, 0.717) is 43.2 Å². The van der Waals surface area contributed by atoms with Gasteiger partial charge in [0.05, 0.1) is 40.2 Å². The van der Waals surface area contributed by atoms with Crippen LogP contribution in [0.4, 0.5) is 5.69 Å². The summed E-state index contributed by atoms with van der Waals surface area (Å²) in [5, 5.41) is 4.48. The number of benzene rings is 3. The highest BCUT2D eigenvalue weighted by atomic mass is 35.5. The van der Waals surface area contributed by atoms with Crippen LogP contribution in [0.2, 0.25) is 10.0 Å². The molecule has 0 aliphatic rings. The van der Waals surface area contributed by atoms with Crippen molar-refractivity contribution in [3.05, 3.63) is 87.1 Å². The molecule has 0 bridgehead atoms. The first kappa shape index (κ1) is 22.2. The summed E-state index contributed by atoms with van der Waals surface area (Å²) < 4.78 is 6.70. The van der Waals surface area contributed by atoms with Gasteiger partial charge in [0.2, 0.25) is 5.91 Å².